The quantitative estimate of drug-likeness (QED) is 0.291. The zero-order valence-electron chi connectivity index (χ0n) is 20.8. The SMILES string of the molecule is Cc1ccc([C@H](NC2=NS(=O)N=C2Nc2cccc(C(C(=O)C=O)N3CCCC3)c2O)C(C)(C)C)o1. The molecule has 0 saturated carbocycles. The highest BCUT2D eigenvalue weighted by atomic mass is 32.2. The number of likely N-dealkylation sites (tertiary alicyclic amines) is 1. The molecule has 0 radical (unpaired) electrons. The van der Waals surface area contributed by atoms with E-state index >= 15 is 0 Å². The van der Waals surface area contributed by atoms with E-state index in [1.165, 1.54) is 0 Å². The van der Waals surface area contributed by atoms with Crippen LogP contribution in [0.5, 0.6) is 5.75 Å². The van der Waals surface area contributed by atoms with Crippen molar-refractivity contribution >= 4 is 40.6 Å². The first-order valence-electron chi connectivity index (χ1n) is 11.8. The lowest BCUT2D eigenvalue weighted by Crippen LogP contribution is -2.41. The standard InChI is InChI=1S/C25H31N5O5S/c1-15-10-11-19(35-15)22(25(2,3)4)27-24-23(28-36(34)29-24)26-17-9-7-8-16(21(17)33)20(18(32)14-31)30-12-5-6-13-30/h7-11,14,20,22,33H,5-6,12-13H2,1-4H3,(H,26,28)(H,27,29)/t20?,22-,36?/m0/s1. The molecular weight excluding hydrogens is 482 g/mol. The van der Waals surface area contributed by atoms with Gasteiger partial charge in [0.1, 0.15) is 23.3 Å². The third-order valence-corrected chi connectivity index (χ3v) is 6.94. The number of nitrogens with one attached hydrogen (secondary N) is 2. The molecule has 0 aliphatic carbocycles. The average Bonchev–Trinajstić information content (AvgIpc) is 3.56. The predicted octanol–water partition coefficient (Wildman–Crippen LogP) is 3.38. The first-order chi connectivity index (χ1) is 17.1. The highest BCUT2D eigenvalue weighted by Crippen LogP contribution is 2.37. The smallest absolute Gasteiger partial charge is 0.269 e. The van der Waals surface area contributed by atoms with Crippen LogP contribution in [0, 0.1) is 12.3 Å². The fraction of sp³-hybridized carbons (Fsp3) is 0.440. The van der Waals surface area contributed by atoms with E-state index in [-0.39, 0.29) is 34.6 Å². The summed E-state index contributed by atoms with van der Waals surface area (Å²) in [6.45, 7) is 9.30. The number of benzene rings is 1. The second-order valence-corrected chi connectivity index (χ2v) is 10.9. The molecular formula is C25H31N5O5S. The Balaban J connectivity index is 1.62. The minimum absolute atomic E-state index is 0.178. The number of hydrogen-bond acceptors (Lipinski definition) is 8. The number of ketones is 1. The highest BCUT2D eigenvalue weighted by molar-refractivity contribution is 7.83. The summed E-state index contributed by atoms with van der Waals surface area (Å²) in [5, 5.41) is 17.4. The molecule has 10 nitrogen and oxygen atoms in total. The van der Waals surface area contributed by atoms with Crippen LogP contribution >= 0.6 is 0 Å². The maximum absolute atomic E-state index is 12.5. The Kier molecular flexibility index (Phi) is 7.41. The lowest BCUT2D eigenvalue weighted by molar-refractivity contribution is -0.133. The Bertz CT molecular complexity index is 1240. The van der Waals surface area contributed by atoms with Crippen molar-refractivity contribution in [1.82, 2.24) is 10.2 Å². The summed E-state index contributed by atoms with van der Waals surface area (Å²) in [7, 11) is 0. The third kappa shape index (κ3) is 5.41. The lowest BCUT2D eigenvalue weighted by Gasteiger charge is -2.30. The number of Topliss-reactive ketones (excluding diaryl/α,β-unsaturated/α-hetero) is 1. The summed E-state index contributed by atoms with van der Waals surface area (Å²) >= 11 is -1.85. The number of furan rings is 1. The topological polar surface area (TPSA) is 137 Å². The molecule has 1 aromatic carbocycles. The number of aldehydes is 1. The van der Waals surface area contributed by atoms with E-state index in [4.69, 9.17) is 4.42 Å². The van der Waals surface area contributed by atoms with E-state index in [0.29, 0.717) is 30.7 Å². The number of rotatable bonds is 7. The molecule has 192 valence electrons. The maximum atomic E-state index is 12.5. The first kappa shape index (κ1) is 25.8. The van der Waals surface area contributed by atoms with Crippen LogP contribution in [0.1, 0.15) is 62.8 Å². The van der Waals surface area contributed by atoms with Crippen molar-refractivity contribution in [3.8, 4) is 5.75 Å². The van der Waals surface area contributed by atoms with E-state index < -0.39 is 23.0 Å². The average molecular weight is 514 g/mol. The van der Waals surface area contributed by atoms with Crippen molar-refractivity contribution in [1.29, 1.82) is 0 Å². The number of carbonyl (C=O) groups excluding carboxylic acids is 2. The molecule has 2 unspecified atom stereocenters. The Morgan fingerprint density at radius 2 is 1.86 bits per heavy atom. The number of nitrogens with zero attached hydrogens (tertiary/aromatic N) is 3. The van der Waals surface area contributed by atoms with E-state index in [1.807, 2.05) is 44.7 Å². The molecule has 36 heavy (non-hydrogen) atoms. The number of aryl methyl sites for hydroxylation is 1. The molecule has 1 fully saturated rings. The molecule has 1 aromatic heterocycles. The second-order valence-electron chi connectivity index (χ2n) is 10.0. The van der Waals surface area contributed by atoms with Gasteiger partial charge in [0, 0.05) is 5.56 Å². The zero-order valence-corrected chi connectivity index (χ0v) is 21.6. The number of para-hydroxylation sites is 1. The van der Waals surface area contributed by atoms with Crippen LogP contribution < -0.4 is 10.6 Å². The van der Waals surface area contributed by atoms with Gasteiger partial charge in [0.05, 0.1) is 11.7 Å². The molecule has 0 bridgehead atoms. The molecule has 1 saturated heterocycles. The minimum Gasteiger partial charge on any atom is -0.505 e. The van der Waals surface area contributed by atoms with Crippen LogP contribution in [0.2, 0.25) is 0 Å². The first-order valence-corrected chi connectivity index (χ1v) is 12.9. The van der Waals surface area contributed by atoms with Crippen LogP contribution in [0.15, 0.2) is 43.5 Å². The van der Waals surface area contributed by atoms with Crippen molar-refractivity contribution in [3.05, 3.63) is 47.4 Å². The summed E-state index contributed by atoms with van der Waals surface area (Å²) in [5.74, 6) is 1.10. The molecule has 11 heteroatoms. The van der Waals surface area contributed by atoms with E-state index in [0.717, 1.165) is 18.6 Å². The van der Waals surface area contributed by atoms with Gasteiger partial charge in [0.25, 0.3) is 11.2 Å². The fourth-order valence-electron chi connectivity index (χ4n) is 4.50. The summed E-state index contributed by atoms with van der Waals surface area (Å²) in [6, 6.07) is 7.50. The third-order valence-electron chi connectivity index (χ3n) is 6.26. The van der Waals surface area contributed by atoms with Gasteiger partial charge in [-0.1, -0.05) is 32.9 Å². The van der Waals surface area contributed by atoms with E-state index in [9.17, 15) is 18.9 Å². The van der Waals surface area contributed by atoms with E-state index in [2.05, 4.69) is 19.4 Å². The molecule has 2 aliphatic heterocycles. The van der Waals surface area contributed by atoms with Gasteiger partial charge in [-0.3, -0.25) is 14.5 Å². The highest BCUT2D eigenvalue weighted by Gasteiger charge is 2.34. The molecule has 2 aliphatic rings. The monoisotopic (exact) mass is 513 g/mol. The summed E-state index contributed by atoms with van der Waals surface area (Å²) in [5.41, 5.74) is 0.287. The van der Waals surface area contributed by atoms with Gasteiger partial charge < -0.3 is 20.2 Å². The molecule has 2 aromatic rings. The maximum Gasteiger partial charge on any atom is 0.269 e. The molecule has 3 heterocycles. The molecule has 0 amide bonds. The Labute approximate surface area is 212 Å². The molecule has 3 N–H and O–H groups in total. The van der Waals surface area contributed by atoms with Gasteiger partial charge in [-0.05, 0) is 56.5 Å². The van der Waals surface area contributed by atoms with Gasteiger partial charge in [0.2, 0.25) is 5.78 Å². The number of amidine groups is 2. The normalized spacial score (nSPS) is 19.9. The number of carbonyl (C=O) groups is 2. The van der Waals surface area contributed by atoms with Crippen LogP contribution in [0.4, 0.5) is 5.69 Å². The fourth-order valence-corrected chi connectivity index (χ4v) is 5.13. The zero-order chi connectivity index (χ0) is 26.0. The van der Waals surface area contributed by atoms with Crippen molar-refractivity contribution in [3.63, 3.8) is 0 Å². The second kappa shape index (κ2) is 10.4. The van der Waals surface area contributed by atoms with Gasteiger partial charge in [-0.2, -0.15) is 0 Å². The Morgan fingerprint density at radius 3 is 2.47 bits per heavy atom. The van der Waals surface area contributed by atoms with Crippen molar-refractivity contribution < 1.29 is 23.3 Å². The number of phenols is 1. The number of anilines is 1. The van der Waals surface area contributed by atoms with Gasteiger partial charge in [-0.25, -0.2) is 4.21 Å². The Hall–Kier alpha value is -3.31. The van der Waals surface area contributed by atoms with E-state index in [1.54, 1.807) is 18.2 Å². The number of aromatic hydroxyl groups is 1. The van der Waals surface area contributed by atoms with Gasteiger partial charge >= 0.3 is 0 Å². The number of hydrogen-bond donors (Lipinski definition) is 3. The summed E-state index contributed by atoms with van der Waals surface area (Å²) in [6.07, 6.45) is 2.13. The van der Waals surface area contributed by atoms with Gasteiger partial charge in [-0.15, -0.1) is 8.80 Å². The van der Waals surface area contributed by atoms with Crippen LogP contribution in [0.25, 0.3) is 0 Å². The largest absolute Gasteiger partial charge is 0.505 e. The van der Waals surface area contributed by atoms with Crippen molar-refractivity contribution in [2.45, 2.75) is 52.6 Å². The van der Waals surface area contributed by atoms with Crippen LogP contribution in [-0.4, -0.2) is 51.0 Å². The lowest BCUT2D eigenvalue weighted by atomic mass is 9.85. The van der Waals surface area contributed by atoms with Gasteiger partial charge in [0.15, 0.2) is 18.0 Å². The minimum atomic E-state index is -1.85. The summed E-state index contributed by atoms with van der Waals surface area (Å²) in [4.78, 5) is 25.8. The van der Waals surface area contributed by atoms with Crippen molar-refractivity contribution in [2.75, 3.05) is 18.4 Å². The molecule has 3 atom stereocenters. The molecule has 0 spiro atoms. The van der Waals surface area contributed by atoms with Crippen molar-refractivity contribution in [2.24, 2.45) is 14.2 Å². The summed E-state index contributed by atoms with van der Waals surface area (Å²) < 4.78 is 26.3. The Morgan fingerprint density at radius 1 is 1.17 bits per heavy atom. The number of phenolic OH excluding ortho intramolecular Hbond substituents is 1. The molecule has 4 rings (SSSR count). The van der Waals surface area contributed by atoms with Crippen LogP contribution in [0.3, 0.4) is 0 Å². The predicted molar refractivity (Wildman–Crippen MR) is 138 cm³/mol. The van der Waals surface area contributed by atoms with Crippen LogP contribution in [-0.2, 0) is 20.8 Å².